The molecule has 2 fully saturated rings. The molecule has 86 valence electrons. The minimum Gasteiger partial charge on any atom is -0.375 e. The SMILES string of the molecule is NC1(O)C2CCC1[C@@H](c1ccc(Cl)nc1)C2. The highest BCUT2D eigenvalue weighted by molar-refractivity contribution is 6.29. The molecule has 1 heterocycles. The molecule has 2 aliphatic carbocycles. The molecule has 2 saturated carbocycles. The number of nitrogens with zero attached hydrogens (tertiary/aromatic N) is 1. The molecule has 1 aromatic rings. The molecule has 0 aliphatic heterocycles. The molecule has 3 nitrogen and oxygen atoms in total. The number of rotatable bonds is 1. The van der Waals surface area contributed by atoms with Crippen LogP contribution in [0.15, 0.2) is 18.3 Å². The van der Waals surface area contributed by atoms with Crippen molar-refractivity contribution in [2.75, 3.05) is 0 Å². The van der Waals surface area contributed by atoms with Crippen molar-refractivity contribution in [3.63, 3.8) is 0 Å². The van der Waals surface area contributed by atoms with E-state index in [0.29, 0.717) is 11.1 Å². The predicted molar refractivity (Wildman–Crippen MR) is 62.0 cm³/mol. The minimum atomic E-state index is -0.968. The Morgan fingerprint density at radius 3 is 2.75 bits per heavy atom. The number of halogens is 1. The highest BCUT2D eigenvalue weighted by Gasteiger charge is 2.56. The van der Waals surface area contributed by atoms with Crippen LogP contribution in [0.1, 0.15) is 30.7 Å². The molecule has 2 aliphatic rings. The molecule has 2 bridgehead atoms. The number of aliphatic hydroxyl groups is 1. The molecular weight excluding hydrogens is 224 g/mol. The van der Waals surface area contributed by atoms with Gasteiger partial charge in [0.15, 0.2) is 0 Å². The zero-order valence-electron chi connectivity index (χ0n) is 8.94. The van der Waals surface area contributed by atoms with E-state index in [1.165, 1.54) is 0 Å². The van der Waals surface area contributed by atoms with Crippen molar-refractivity contribution in [2.24, 2.45) is 17.6 Å². The van der Waals surface area contributed by atoms with Gasteiger partial charge in [-0.15, -0.1) is 0 Å². The van der Waals surface area contributed by atoms with E-state index in [-0.39, 0.29) is 11.8 Å². The Labute approximate surface area is 99.6 Å². The van der Waals surface area contributed by atoms with Crippen molar-refractivity contribution >= 4 is 11.6 Å². The molecule has 1 aromatic heterocycles. The summed E-state index contributed by atoms with van der Waals surface area (Å²) in [6.45, 7) is 0. The molecule has 4 atom stereocenters. The Bertz CT molecular complexity index is 404. The third-order valence-corrected chi connectivity index (χ3v) is 4.50. The third-order valence-electron chi connectivity index (χ3n) is 4.28. The van der Waals surface area contributed by atoms with Gasteiger partial charge in [0.05, 0.1) is 0 Å². The van der Waals surface area contributed by atoms with Crippen molar-refractivity contribution in [1.29, 1.82) is 0 Å². The van der Waals surface area contributed by atoms with E-state index in [0.717, 1.165) is 24.8 Å². The largest absolute Gasteiger partial charge is 0.375 e. The molecule has 3 rings (SSSR count). The molecule has 0 saturated heterocycles. The van der Waals surface area contributed by atoms with Gasteiger partial charge < -0.3 is 10.8 Å². The van der Waals surface area contributed by atoms with E-state index < -0.39 is 5.72 Å². The average Bonchev–Trinajstić information content (AvgIpc) is 2.68. The maximum Gasteiger partial charge on any atom is 0.129 e. The Morgan fingerprint density at radius 2 is 2.25 bits per heavy atom. The van der Waals surface area contributed by atoms with Crippen LogP contribution in [0.5, 0.6) is 0 Å². The van der Waals surface area contributed by atoms with Gasteiger partial charge in [0.2, 0.25) is 0 Å². The lowest BCUT2D eigenvalue weighted by molar-refractivity contribution is -0.000603. The summed E-state index contributed by atoms with van der Waals surface area (Å²) in [4.78, 5) is 4.10. The minimum absolute atomic E-state index is 0.181. The van der Waals surface area contributed by atoms with Gasteiger partial charge in [0.1, 0.15) is 10.9 Å². The monoisotopic (exact) mass is 238 g/mol. The van der Waals surface area contributed by atoms with E-state index in [1.807, 2.05) is 12.3 Å². The van der Waals surface area contributed by atoms with Gasteiger partial charge in [0.25, 0.3) is 0 Å². The van der Waals surface area contributed by atoms with Gasteiger partial charge in [-0.1, -0.05) is 17.7 Å². The van der Waals surface area contributed by atoms with Crippen LogP contribution in [-0.2, 0) is 0 Å². The lowest BCUT2D eigenvalue weighted by atomic mass is 9.84. The van der Waals surface area contributed by atoms with Gasteiger partial charge in [-0.25, -0.2) is 4.98 Å². The van der Waals surface area contributed by atoms with E-state index in [9.17, 15) is 5.11 Å². The Kier molecular flexibility index (Phi) is 2.25. The second kappa shape index (κ2) is 3.42. The summed E-state index contributed by atoms with van der Waals surface area (Å²) in [7, 11) is 0. The first kappa shape index (κ1) is 10.5. The first-order valence-electron chi connectivity index (χ1n) is 5.71. The number of hydrogen-bond donors (Lipinski definition) is 2. The second-order valence-electron chi connectivity index (χ2n) is 5.02. The molecule has 0 aromatic carbocycles. The molecular formula is C12H15ClN2O. The standard InChI is InChI=1S/C12H15ClN2O/c13-11-4-1-7(6-15-11)9-5-8-2-3-10(9)12(8,14)16/h1,4,6,8-10,16H,2-3,5,14H2/t8?,9-,10?,12?/m1/s1. The normalized spacial score (nSPS) is 41.6. The van der Waals surface area contributed by atoms with Crippen LogP contribution in [-0.4, -0.2) is 15.8 Å². The van der Waals surface area contributed by atoms with E-state index >= 15 is 0 Å². The summed E-state index contributed by atoms with van der Waals surface area (Å²) in [6.07, 6.45) is 4.85. The number of pyridine rings is 1. The first-order chi connectivity index (χ1) is 7.59. The zero-order chi connectivity index (χ0) is 11.3. The van der Waals surface area contributed by atoms with Gasteiger partial charge >= 0.3 is 0 Å². The van der Waals surface area contributed by atoms with Crippen LogP contribution >= 0.6 is 11.6 Å². The molecule has 4 heteroatoms. The number of aromatic nitrogens is 1. The summed E-state index contributed by atoms with van der Waals surface area (Å²) in [5.41, 5.74) is 6.18. The van der Waals surface area contributed by atoms with Crippen molar-refractivity contribution in [1.82, 2.24) is 4.98 Å². The smallest absolute Gasteiger partial charge is 0.129 e. The van der Waals surface area contributed by atoms with Gasteiger partial charge in [-0.2, -0.15) is 0 Å². The maximum absolute atomic E-state index is 10.2. The van der Waals surface area contributed by atoms with Gasteiger partial charge in [-0.3, -0.25) is 0 Å². The Balaban J connectivity index is 1.91. The molecule has 3 unspecified atom stereocenters. The van der Waals surface area contributed by atoms with Crippen LogP contribution < -0.4 is 5.73 Å². The average molecular weight is 239 g/mol. The van der Waals surface area contributed by atoms with Crippen molar-refractivity contribution in [3.8, 4) is 0 Å². The fourth-order valence-electron chi connectivity index (χ4n) is 3.42. The van der Waals surface area contributed by atoms with Crippen LogP contribution in [0.25, 0.3) is 0 Å². The van der Waals surface area contributed by atoms with Crippen molar-refractivity contribution < 1.29 is 5.11 Å². The topological polar surface area (TPSA) is 59.1 Å². The Hall–Kier alpha value is -0.640. The molecule has 0 spiro atoms. The Morgan fingerprint density at radius 1 is 1.44 bits per heavy atom. The highest BCUT2D eigenvalue weighted by atomic mass is 35.5. The third kappa shape index (κ3) is 1.39. The summed E-state index contributed by atoms with van der Waals surface area (Å²) in [5.74, 6) is 0.775. The van der Waals surface area contributed by atoms with Gasteiger partial charge in [0, 0.05) is 18.0 Å². The van der Waals surface area contributed by atoms with Crippen molar-refractivity contribution in [2.45, 2.75) is 30.9 Å². The van der Waals surface area contributed by atoms with Crippen LogP contribution in [0.4, 0.5) is 0 Å². The predicted octanol–water partition coefficient (Wildman–Crippen LogP) is 1.90. The number of nitrogens with two attached hydrogens (primary N) is 1. The van der Waals surface area contributed by atoms with E-state index in [2.05, 4.69) is 4.98 Å². The summed E-state index contributed by atoms with van der Waals surface area (Å²) in [5, 5.41) is 10.7. The lowest BCUT2D eigenvalue weighted by Gasteiger charge is -2.25. The zero-order valence-corrected chi connectivity index (χ0v) is 9.69. The highest BCUT2D eigenvalue weighted by Crippen LogP contribution is 2.56. The summed E-state index contributed by atoms with van der Waals surface area (Å²) >= 11 is 5.77. The van der Waals surface area contributed by atoms with Crippen LogP contribution in [0.2, 0.25) is 5.15 Å². The maximum atomic E-state index is 10.2. The van der Waals surface area contributed by atoms with Crippen molar-refractivity contribution in [3.05, 3.63) is 29.0 Å². The van der Waals surface area contributed by atoms with Crippen LogP contribution in [0.3, 0.4) is 0 Å². The molecule has 0 amide bonds. The van der Waals surface area contributed by atoms with Gasteiger partial charge in [-0.05, 0) is 36.8 Å². The second-order valence-corrected chi connectivity index (χ2v) is 5.41. The van der Waals surface area contributed by atoms with E-state index in [1.54, 1.807) is 6.07 Å². The number of fused-ring (bicyclic) bond motifs is 2. The van der Waals surface area contributed by atoms with E-state index in [4.69, 9.17) is 17.3 Å². The summed E-state index contributed by atoms with van der Waals surface area (Å²) in [6, 6.07) is 3.80. The fourth-order valence-corrected chi connectivity index (χ4v) is 3.53. The number of hydrogen-bond acceptors (Lipinski definition) is 3. The van der Waals surface area contributed by atoms with Crippen LogP contribution in [0, 0.1) is 11.8 Å². The fraction of sp³-hybridized carbons (Fsp3) is 0.583. The first-order valence-corrected chi connectivity index (χ1v) is 6.09. The molecule has 3 N–H and O–H groups in total. The molecule has 0 radical (unpaired) electrons. The molecule has 16 heavy (non-hydrogen) atoms. The lowest BCUT2D eigenvalue weighted by Crippen LogP contribution is -2.44. The quantitative estimate of drug-likeness (QED) is 0.580. The summed E-state index contributed by atoms with van der Waals surface area (Å²) < 4.78 is 0.